The molecule has 0 radical (unpaired) electrons. The minimum Gasteiger partial charge on any atom is -0.497 e. The van der Waals surface area contributed by atoms with Gasteiger partial charge in [0.1, 0.15) is 5.75 Å². The van der Waals surface area contributed by atoms with Crippen LogP contribution in [0.5, 0.6) is 5.75 Å². The SMILES string of the molecule is COc1ccc(N2CC(C(=O)Nc3ccc(S(=O)(=O)N4CCCc5ccccc54)cc3)CC2=O)cc1. The molecule has 0 aromatic heterocycles. The zero-order chi connectivity index (χ0) is 25.3. The Balaban J connectivity index is 1.26. The van der Waals surface area contributed by atoms with Crippen molar-refractivity contribution in [3.8, 4) is 5.75 Å². The van der Waals surface area contributed by atoms with Crippen molar-refractivity contribution in [1.82, 2.24) is 0 Å². The van der Waals surface area contributed by atoms with Crippen molar-refractivity contribution in [2.75, 3.05) is 34.7 Å². The first kappa shape index (κ1) is 23.9. The zero-order valence-corrected chi connectivity index (χ0v) is 20.7. The van der Waals surface area contributed by atoms with Crippen LogP contribution in [0.25, 0.3) is 0 Å². The lowest BCUT2D eigenvalue weighted by Gasteiger charge is -2.30. The van der Waals surface area contributed by atoms with Gasteiger partial charge in [-0.25, -0.2) is 8.42 Å². The number of fused-ring (bicyclic) bond motifs is 1. The molecule has 2 amide bonds. The number of anilines is 3. The van der Waals surface area contributed by atoms with E-state index in [0.717, 1.165) is 18.4 Å². The molecule has 1 atom stereocenters. The summed E-state index contributed by atoms with van der Waals surface area (Å²) in [6, 6.07) is 20.8. The number of hydrogen-bond donors (Lipinski definition) is 1. The molecule has 3 aromatic carbocycles. The zero-order valence-electron chi connectivity index (χ0n) is 19.9. The van der Waals surface area contributed by atoms with Gasteiger partial charge in [0.2, 0.25) is 11.8 Å². The lowest BCUT2D eigenvalue weighted by Crippen LogP contribution is -2.35. The summed E-state index contributed by atoms with van der Waals surface area (Å²) in [7, 11) is -2.15. The molecule has 186 valence electrons. The van der Waals surface area contributed by atoms with Crippen molar-refractivity contribution >= 4 is 38.9 Å². The monoisotopic (exact) mass is 505 g/mol. The average molecular weight is 506 g/mol. The maximum Gasteiger partial charge on any atom is 0.264 e. The summed E-state index contributed by atoms with van der Waals surface area (Å²) in [5.41, 5.74) is 2.93. The number of carbonyl (C=O) groups excluding carboxylic acids is 2. The van der Waals surface area contributed by atoms with Crippen LogP contribution in [0.1, 0.15) is 18.4 Å². The van der Waals surface area contributed by atoms with Crippen molar-refractivity contribution in [3.63, 3.8) is 0 Å². The van der Waals surface area contributed by atoms with Crippen LogP contribution in [-0.4, -0.2) is 40.4 Å². The highest BCUT2D eigenvalue weighted by Gasteiger charge is 2.35. The van der Waals surface area contributed by atoms with E-state index in [2.05, 4.69) is 5.32 Å². The van der Waals surface area contributed by atoms with E-state index < -0.39 is 15.9 Å². The highest BCUT2D eigenvalue weighted by Crippen LogP contribution is 2.32. The number of benzene rings is 3. The number of sulfonamides is 1. The van der Waals surface area contributed by atoms with Crippen LogP contribution in [0, 0.1) is 5.92 Å². The quantitative estimate of drug-likeness (QED) is 0.549. The number of amides is 2. The fraction of sp³-hybridized carbons (Fsp3) is 0.259. The van der Waals surface area contributed by atoms with Crippen LogP contribution >= 0.6 is 0 Å². The average Bonchev–Trinajstić information content (AvgIpc) is 3.30. The van der Waals surface area contributed by atoms with Gasteiger partial charge in [0.25, 0.3) is 10.0 Å². The second kappa shape index (κ2) is 9.66. The summed E-state index contributed by atoms with van der Waals surface area (Å²) in [6.07, 6.45) is 1.73. The third-order valence-corrected chi connectivity index (χ3v) is 8.48. The van der Waals surface area contributed by atoms with Crippen molar-refractivity contribution in [1.29, 1.82) is 0 Å². The molecule has 8 nitrogen and oxygen atoms in total. The molecule has 2 aliphatic rings. The van der Waals surface area contributed by atoms with E-state index >= 15 is 0 Å². The highest BCUT2D eigenvalue weighted by molar-refractivity contribution is 7.92. The van der Waals surface area contributed by atoms with E-state index in [1.54, 1.807) is 48.4 Å². The fourth-order valence-electron chi connectivity index (χ4n) is 4.73. The summed E-state index contributed by atoms with van der Waals surface area (Å²) < 4.78 is 33.3. The topological polar surface area (TPSA) is 96.0 Å². The molecule has 0 aliphatic carbocycles. The molecule has 2 heterocycles. The molecular formula is C27H27N3O5S. The molecule has 3 aromatic rings. The van der Waals surface area contributed by atoms with E-state index in [0.29, 0.717) is 29.4 Å². The number of nitrogens with zero attached hydrogens (tertiary/aromatic N) is 2. The van der Waals surface area contributed by atoms with Crippen LogP contribution in [0.3, 0.4) is 0 Å². The lowest BCUT2D eigenvalue weighted by molar-refractivity contribution is -0.122. The molecular weight excluding hydrogens is 478 g/mol. The first-order valence-corrected chi connectivity index (χ1v) is 13.3. The number of hydrogen-bond acceptors (Lipinski definition) is 5. The molecule has 1 fully saturated rings. The van der Waals surface area contributed by atoms with E-state index in [4.69, 9.17) is 4.74 Å². The minimum absolute atomic E-state index is 0.110. The van der Waals surface area contributed by atoms with Gasteiger partial charge in [0.05, 0.1) is 23.6 Å². The number of carbonyl (C=O) groups is 2. The van der Waals surface area contributed by atoms with Gasteiger partial charge in [-0.2, -0.15) is 0 Å². The smallest absolute Gasteiger partial charge is 0.264 e. The Morgan fingerprint density at radius 1 is 1.00 bits per heavy atom. The summed E-state index contributed by atoms with van der Waals surface area (Å²) in [5.74, 6) is -0.217. The number of nitrogens with one attached hydrogen (secondary N) is 1. The molecule has 2 aliphatic heterocycles. The number of methoxy groups -OCH3 is 1. The van der Waals surface area contributed by atoms with E-state index in [-0.39, 0.29) is 29.7 Å². The Kier molecular flexibility index (Phi) is 6.40. The van der Waals surface area contributed by atoms with Gasteiger partial charge in [-0.1, -0.05) is 18.2 Å². The van der Waals surface area contributed by atoms with Crippen LogP contribution in [0.15, 0.2) is 77.7 Å². The molecule has 0 bridgehead atoms. The van der Waals surface area contributed by atoms with Crippen molar-refractivity contribution in [2.24, 2.45) is 5.92 Å². The summed E-state index contributed by atoms with van der Waals surface area (Å²) in [5, 5.41) is 2.82. The molecule has 1 saturated heterocycles. The molecule has 5 rings (SSSR count). The van der Waals surface area contributed by atoms with Gasteiger partial charge in [-0.05, 0) is 73.0 Å². The van der Waals surface area contributed by atoms with Crippen molar-refractivity contribution in [3.05, 3.63) is 78.4 Å². The maximum atomic E-state index is 13.3. The van der Waals surface area contributed by atoms with Crippen LogP contribution < -0.4 is 19.3 Å². The van der Waals surface area contributed by atoms with Crippen molar-refractivity contribution < 1.29 is 22.7 Å². The highest BCUT2D eigenvalue weighted by atomic mass is 32.2. The molecule has 9 heteroatoms. The Labute approximate surface area is 210 Å². The van der Waals surface area contributed by atoms with Gasteiger partial charge in [0.15, 0.2) is 0 Å². The second-order valence-corrected chi connectivity index (χ2v) is 10.8. The number of aryl methyl sites for hydroxylation is 1. The van der Waals surface area contributed by atoms with E-state index in [1.807, 2.05) is 24.3 Å². The summed E-state index contributed by atoms with van der Waals surface area (Å²) >= 11 is 0. The first-order chi connectivity index (χ1) is 17.4. The Morgan fingerprint density at radius 2 is 1.72 bits per heavy atom. The Morgan fingerprint density at radius 3 is 2.44 bits per heavy atom. The minimum atomic E-state index is -3.73. The third-order valence-electron chi connectivity index (χ3n) is 6.66. The fourth-order valence-corrected chi connectivity index (χ4v) is 6.27. The Bertz CT molecular complexity index is 1390. The maximum absolute atomic E-state index is 13.3. The largest absolute Gasteiger partial charge is 0.497 e. The molecule has 1 unspecified atom stereocenters. The van der Waals surface area contributed by atoms with E-state index in [1.165, 1.54) is 16.4 Å². The molecule has 0 spiro atoms. The van der Waals surface area contributed by atoms with Gasteiger partial charge in [-0.3, -0.25) is 13.9 Å². The van der Waals surface area contributed by atoms with Crippen LogP contribution in [0.4, 0.5) is 17.1 Å². The molecule has 0 saturated carbocycles. The predicted octanol–water partition coefficient (Wildman–Crippen LogP) is 3.83. The van der Waals surface area contributed by atoms with Gasteiger partial charge in [-0.15, -0.1) is 0 Å². The predicted molar refractivity (Wildman–Crippen MR) is 138 cm³/mol. The van der Waals surface area contributed by atoms with Gasteiger partial charge >= 0.3 is 0 Å². The molecule has 1 N–H and O–H groups in total. The normalized spacial score (nSPS) is 17.6. The van der Waals surface area contributed by atoms with E-state index in [9.17, 15) is 18.0 Å². The second-order valence-electron chi connectivity index (χ2n) is 8.93. The lowest BCUT2D eigenvalue weighted by atomic mass is 10.0. The summed E-state index contributed by atoms with van der Waals surface area (Å²) in [6.45, 7) is 0.704. The summed E-state index contributed by atoms with van der Waals surface area (Å²) in [4.78, 5) is 27.2. The molecule has 36 heavy (non-hydrogen) atoms. The first-order valence-electron chi connectivity index (χ1n) is 11.8. The van der Waals surface area contributed by atoms with Gasteiger partial charge in [0, 0.05) is 30.9 Å². The number of ether oxygens (including phenoxy) is 1. The van der Waals surface area contributed by atoms with Crippen molar-refractivity contribution in [2.45, 2.75) is 24.2 Å². The third kappa shape index (κ3) is 4.54. The van der Waals surface area contributed by atoms with Crippen LogP contribution in [-0.2, 0) is 26.0 Å². The Hall–Kier alpha value is -3.85. The number of rotatable bonds is 6. The standard InChI is InChI=1S/C27H27N3O5S/c1-35-23-12-10-22(11-13-23)29-18-20(17-26(29)31)27(32)28-21-8-14-24(15-9-21)36(33,34)30-16-4-6-19-5-2-3-7-25(19)30/h2-3,5,7-15,20H,4,6,16-18H2,1H3,(H,28,32). The number of para-hydroxylation sites is 1. The van der Waals surface area contributed by atoms with Crippen LogP contribution in [0.2, 0.25) is 0 Å². The van der Waals surface area contributed by atoms with Gasteiger partial charge < -0.3 is 15.0 Å².